The van der Waals surface area contributed by atoms with E-state index in [1.54, 1.807) is 0 Å². The summed E-state index contributed by atoms with van der Waals surface area (Å²) in [4.78, 5) is 0. The number of methoxy groups -OCH3 is 1. The number of nitrogens with one attached hydrogen (secondary N) is 1. The van der Waals surface area contributed by atoms with Gasteiger partial charge >= 0.3 is 6.18 Å². The van der Waals surface area contributed by atoms with Gasteiger partial charge < -0.3 is 4.74 Å². The summed E-state index contributed by atoms with van der Waals surface area (Å²) in [6, 6.07) is -0.627. The van der Waals surface area contributed by atoms with E-state index in [0.717, 1.165) is 0 Å². The predicted molar refractivity (Wildman–Crippen MR) is 58.6 cm³/mol. The lowest BCUT2D eigenvalue weighted by molar-refractivity contribution is -0.134. The Morgan fingerprint density at radius 3 is 2.41 bits per heavy atom. The zero-order valence-corrected chi connectivity index (χ0v) is 10.8. The average Bonchev–Trinajstić information content (AvgIpc) is 2.14. The van der Waals surface area contributed by atoms with E-state index in [1.165, 1.54) is 7.11 Å². The molecule has 0 aromatic rings. The molecule has 0 rings (SSSR count). The third-order valence-electron chi connectivity index (χ3n) is 1.77. The van der Waals surface area contributed by atoms with Crippen LogP contribution in [0.15, 0.2) is 0 Å². The molecule has 0 radical (unpaired) electrons. The third-order valence-corrected chi connectivity index (χ3v) is 3.66. The fraction of sp³-hybridized carbons (Fsp3) is 1.00. The highest BCUT2D eigenvalue weighted by Crippen LogP contribution is 2.21. The van der Waals surface area contributed by atoms with Crippen LogP contribution in [0.3, 0.4) is 0 Å². The van der Waals surface area contributed by atoms with Gasteiger partial charge in [-0.15, -0.1) is 11.6 Å². The molecule has 0 amide bonds. The van der Waals surface area contributed by atoms with Gasteiger partial charge in [0.25, 0.3) is 0 Å². The fourth-order valence-electron chi connectivity index (χ4n) is 1.09. The van der Waals surface area contributed by atoms with Crippen LogP contribution in [0, 0.1) is 0 Å². The van der Waals surface area contributed by atoms with Crippen molar-refractivity contribution in [3.8, 4) is 0 Å². The van der Waals surface area contributed by atoms with E-state index in [0.29, 0.717) is 0 Å². The van der Waals surface area contributed by atoms with Crippen molar-refractivity contribution in [3.05, 3.63) is 0 Å². The van der Waals surface area contributed by atoms with E-state index in [2.05, 4.69) is 4.72 Å². The Morgan fingerprint density at radius 2 is 2.00 bits per heavy atom. The van der Waals surface area contributed by atoms with Crippen molar-refractivity contribution in [3.63, 3.8) is 0 Å². The van der Waals surface area contributed by atoms with E-state index in [1.807, 2.05) is 0 Å². The molecule has 1 N–H and O–H groups in total. The molecule has 0 aromatic heterocycles. The second-order valence-electron chi connectivity index (χ2n) is 3.46. The highest BCUT2D eigenvalue weighted by molar-refractivity contribution is 7.89. The monoisotopic (exact) mass is 297 g/mol. The highest BCUT2D eigenvalue weighted by atomic mass is 35.5. The van der Waals surface area contributed by atoms with Crippen molar-refractivity contribution in [1.29, 1.82) is 0 Å². The Labute approximate surface area is 104 Å². The van der Waals surface area contributed by atoms with Crippen LogP contribution in [0.5, 0.6) is 0 Å². The molecule has 0 fully saturated rings. The van der Waals surface area contributed by atoms with Crippen molar-refractivity contribution in [1.82, 2.24) is 4.72 Å². The fourth-order valence-corrected chi connectivity index (χ4v) is 2.65. The topological polar surface area (TPSA) is 55.4 Å². The maximum Gasteiger partial charge on any atom is 0.389 e. The van der Waals surface area contributed by atoms with E-state index in [9.17, 15) is 21.6 Å². The second kappa shape index (κ2) is 7.40. The van der Waals surface area contributed by atoms with Crippen molar-refractivity contribution in [2.75, 3.05) is 25.3 Å². The highest BCUT2D eigenvalue weighted by Gasteiger charge is 2.27. The molecule has 0 aliphatic rings. The average molecular weight is 298 g/mol. The lowest BCUT2D eigenvalue weighted by Crippen LogP contribution is -2.40. The molecule has 17 heavy (non-hydrogen) atoms. The molecule has 0 spiro atoms. The third kappa shape index (κ3) is 9.63. The van der Waals surface area contributed by atoms with Crippen LogP contribution < -0.4 is 4.72 Å². The first kappa shape index (κ1) is 16.9. The van der Waals surface area contributed by atoms with Gasteiger partial charge in [0.05, 0.1) is 18.4 Å². The van der Waals surface area contributed by atoms with Crippen molar-refractivity contribution >= 4 is 21.6 Å². The predicted octanol–water partition coefficient (Wildman–Crippen LogP) is 1.50. The van der Waals surface area contributed by atoms with Gasteiger partial charge in [0, 0.05) is 19.4 Å². The second-order valence-corrected chi connectivity index (χ2v) is 5.64. The lowest BCUT2D eigenvalue weighted by Gasteiger charge is -2.15. The minimum absolute atomic E-state index is 0.00760. The summed E-state index contributed by atoms with van der Waals surface area (Å²) < 4.78 is 65.1. The first-order valence-corrected chi connectivity index (χ1v) is 7.00. The number of ether oxygens (including phenoxy) is 1. The van der Waals surface area contributed by atoms with Crippen LogP contribution in [0.4, 0.5) is 13.2 Å². The number of rotatable bonds is 8. The summed E-state index contributed by atoms with van der Waals surface area (Å²) >= 11 is 5.47. The standard InChI is InChI=1S/C8H15ClF3NO3S/c1-16-6-7(5-9)13-17(14,15)4-2-3-8(10,11)12/h7,13H,2-6H2,1H3. The quantitative estimate of drug-likeness (QED) is 0.691. The van der Waals surface area contributed by atoms with Gasteiger partial charge in [-0.25, -0.2) is 13.1 Å². The molecule has 0 aliphatic heterocycles. The lowest BCUT2D eigenvalue weighted by atomic mass is 10.3. The van der Waals surface area contributed by atoms with E-state index in [-0.39, 0.29) is 12.5 Å². The molecule has 1 unspecified atom stereocenters. The van der Waals surface area contributed by atoms with E-state index >= 15 is 0 Å². The van der Waals surface area contributed by atoms with E-state index < -0.39 is 40.8 Å². The first-order valence-electron chi connectivity index (χ1n) is 4.82. The number of alkyl halides is 4. The van der Waals surface area contributed by atoms with Gasteiger partial charge in [0.1, 0.15) is 0 Å². The Hall–Kier alpha value is -0.0500. The van der Waals surface area contributed by atoms with Crippen LogP contribution in [-0.2, 0) is 14.8 Å². The van der Waals surface area contributed by atoms with Crippen LogP contribution in [0.1, 0.15) is 12.8 Å². The Bertz CT molecular complexity index is 308. The molecule has 0 aliphatic carbocycles. The molecule has 0 saturated carbocycles. The minimum Gasteiger partial charge on any atom is -0.383 e. The Balaban J connectivity index is 4.11. The Morgan fingerprint density at radius 1 is 1.41 bits per heavy atom. The van der Waals surface area contributed by atoms with E-state index in [4.69, 9.17) is 16.3 Å². The molecule has 9 heteroatoms. The first-order chi connectivity index (χ1) is 7.70. The maximum atomic E-state index is 11.8. The van der Waals surface area contributed by atoms with Crippen molar-refractivity contribution in [2.24, 2.45) is 0 Å². The molecule has 4 nitrogen and oxygen atoms in total. The van der Waals surface area contributed by atoms with Crippen LogP contribution in [0.2, 0.25) is 0 Å². The number of sulfonamides is 1. The zero-order valence-electron chi connectivity index (χ0n) is 9.26. The summed E-state index contributed by atoms with van der Waals surface area (Å²) in [7, 11) is -2.38. The van der Waals surface area contributed by atoms with Gasteiger partial charge in [-0.3, -0.25) is 0 Å². The Kier molecular flexibility index (Phi) is 7.38. The molecular formula is C8H15ClF3NO3S. The largest absolute Gasteiger partial charge is 0.389 e. The molecular weight excluding hydrogens is 283 g/mol. The maximum absolute atomic E-state index is 11.8. The summed E-state index contributed by atoms with van der Waals surface area (Å²) in [5, 5.41) is 0. The molecule has 0 bridgehead atoms. The van der Waals surface area contributed by atoms with Gasteiger partial charge in [-0.05, 0) is 6.42 Å². The smallest absolute Gasteiger partial charge is 0.383 e. The van der Waals surface area contributed by atoms with Gasteiger partial charge in [0.2, 0.25) is 10.0 Å². The summed E-state index contributed by atoms with van der Waals surface area (Å²) in [6.07, 6.45) is -5.93. The summed E-state index contributed by atoms with van der Waals surface area (Å²) in [6.45, 7) is 0.0714. The SMILES string of the molecule is COCC(CCl)NS(=O)(=O)CCCC(F)(F)F. The van der Waals surface area contributed by atoms with Crippen molar-refractivity contribution < 1.29 is 26.3 Å². The normalized spacial score (nSPS) is 14.9. The summed E-state index contributed by atoms with van der Waals surface area (Å²) in [5.41, 5.74) is 0. The molecule has 0 aromatic carbocycles. The van der Waals surface area contributed by atoms with Crippen LogP contribution in [-0.4, -0.2) is 46.0 Å². The number of halogens is 4. The van der Waals surface area contributed by atoms with Gasteiger partial charge in [-0.1, -0.05) is 0 Å². The minimum atomic E-state index is -4.34. The van der Waals surface area contributed by atoms with Crippen molar-refractivity contribution in [2.45, 2.75) is 25.1 Å². The van der Waals surface area contributed by atoms with Crippen LogP contribution >= 0.6 is 11.6 Å². The van der Waals surface area contributed by atoms with Gasteiger partial charge in [-0.2, -0.15) is 13.2 Å². The molecule has 0 heterocycles. The zero-order chi connectivity index (χ0) is 13.5. The van der Waals surface area contributed by atoms with Gasteiger partial charge in [0.15, 0.2) is 0 Å². The summed E-state index contributed by atoms with van der Waals surface area (Å²) in [5.74, 6) is -0.587. The van der Waals surface area contributed by atoms with Crippen LogP contribution in [0.25, 0.3) is 0 Å². The molecule has 0 saturated heterocycles. The molecule has 104 valence electrons. The number of hydrogen-bond donors (Lipinski definition) is 1. The molecule has 1 atom stereocenters. The number of hydrogen-bond acceptors (Lipinski definition) is 3.